The molecule has 0 radical (unpaired) electrons. The maximum Gasteiger partial charge on any atom is 0.0641 e. The molecule has 330 valence electrons. The van der Waals surface area contributed by atoms with Crippen LogP contribution in [0.4, 0.5) is 34.1 Å². The molecular formula is C67H47N3. The Morgan fingerprint density at radius 3 is 1.49 bits per heavy atom. The third-order valence-corrected chi connectivity index (χ3v) is 15.1. The van der Waals surface area contributed by atoms with Crippen molar-refractivity contribution < 1.29 is 0 Å². The summed E-state index contributed by atoms with van der Waals surface area (Å²) in [6.45, 7) is 4.80. The van der Waals surface area contributed by atoms with Crippen molar-refractivity contribution in [3.8, 4) is 33.4 Å². The molecule has 0 spiro atoms. The van der Waals surface area contributed by atoms with Crippen molar-refractivity contribution in [2.45, 2.75) is 19.3 Å². The maximum atomic E-state index is 2.53. The molecule has 0 atom stereocenters. The highest BCUT2D eigenvalue weighted by Crippen LogP contribution is 2.54. The van der Waals surface area contributed by atoms with Gasteiger partial charge in [0.2, 0.25) is 0 Å². The number of rotatable bonds is 8. The van der Waals surface area contributed by atoms with Crippen LogP contribution in [0.3, 0.4) is 0 Å². The van der Waals surface area contributed by atoms with E-state index in [1.807, 2.05) is 0 Å². The van der Waals surface area contributed by atoms with Gasteiger partial charge in [-0.25, -0.2) is 0 Å². The van der Waals surface area contributed by atoms with Crippen LogP contribution in [0.15, 0.2) is 249 Å². The lowest BCUT2D eigenvalue weighted by atomic mass is 9.81. The van der Waals surface area contributed by atoms with Crippen molar-refractivity contribution in [1.29, 1.82) is 0 Å². The van der Waals surface area contributed by atoms with E-state index in [9.17, 15) is 0 Å². The monoisotopic (exact) mass is 893 g/mol. The first kappa shape index (κ1) is 40.2. The number of benzene rings is 11. The van der Waals surface area contributed by atoms with Gasteiger partial charge in [0.25, 0.3) is 0 Å². The molecule has 1 aliphatic rings. The van der Waals surface area contributed by atoms with E-state index >= 15 is 0 Å². The van der Waals surface area contributed by atoms with Crippen LogP contribution in [0, 0.1) is 0 Å². The normalized spacial score (nSPS) is 12.8. The average Bonchev–Trinajstić information content (AvgIpc) is 4.02. The Balaban J connectivity index is 0.935. The molecule has 0 fully saturated rings. The van der Waals surface area contributed by atoms with Gasteiger partial charge in [-0.2, -0.15) is 0 Å². The molecule has 0 N–H and O–H groups in total. The molecule has 0 amide bonds. The highest BCUT2D eigenvalue weighted by Gasteiger charge is 2.37. The summed E-state index contributed by atoms with van der Waals surface area (Å²) in [6, 6.07) is 91.4. The van der Waals surface area contributed by atoms with Crippen LogP contribution < -0.4 is 9.80 Å². The Morgan fingerprint density at radius 2 is 0.843 bits per heavy atom. The van der Waals surface area contributed by atoms with Gasteiger partial charge in [-0.05, 0) is 146 Å². The first-order valence-corrected chi connectivity index (χ1v) is 24.3. The van der Waals surface area contributed by atoms with Crippen molar-refractivity contribution in [2.24, 2.45) is 0 Å². The van der Waals surface area contributed by atoms with Gasteiger partial charge in [-0.15, -0.1) is 0 Å². The highest BCUT2D eigenvalue weighted by atomic mass is 15.2. The van der Waals surface area contributed by atoms with Crippen molar-refractivity contribution >= 4 is 83.0 Å². The van der Waals surface area contributed by atoms with E-state index in [-0.39, 0.29) is 5.41 Å². The molecule has 1 aliphatic carbocycles. The van der Waals surface area contributed by atoms with E-state index in [4.69, 9.17) is 0 Å². The molecule has 70 heavy (non-hydrogen) atoms. The second-order valence-electron chi connectivity index (χ2n) is 19.3. The minimum Gasteiger partial charge on any atom is -0.310 e. The van der Waals surface area contributed by atoms with Crippen LogP contribution in [-0.4, -0.2) is 4.40 Å². The first-order chi connectivity index (χ1) is 34.5. The van der Waals surface area contributed by atoms with E-state index < -0.39 is 0 Å². The minimum atomic E-state index is -0.218. The zero-order chi connectivity index (χ0) is 46.5. The number of para-hydroxylation sites is 3. The first-order valence-electron chi connectivity index (χ1n) is 24.3. The summed E-state index contributed by atoms with van der Waals surface area (Å²) < 4.78 is 2.53. The van der Waals surface area contributed by atoms with E-state index in [0.29, 0.717) is 0 Å². The van der Waals surface area contributed by atoms with Crippen LogP contribution >= 0.6 is 0 Å². The summed E-state index contributed by atoms with van der Waals surface area (Å²) in [7, 11) is 0. The van der Waals surface area contributed by atoms with E-state index in [2.05, 4.69) is 277 Å². The Morgan fingerprint density at radius 1 is 0.329 bits per heavy atom. The van der Waals surface area contributed by atoms with E-state index in [0.717, 1.165) is 34.1 Å². The van der Waals surface area contributed by atoms with Crippen LogP contribution in [0.1, 0.15) is 25.0 Å². The number of fused-ring (bicyclic) bond motifs is 11. The van der Waals surface area contributed by atoms with Crippen LogP contribution in [0.25, 0.3) is 82.2 Å². The number of nitrogens with zero attached hydrogens (tertiary/aromatic N) is 3. The lowest BCUT2D eigenvalue weighted by Gasteiger charge is -2.28. The Hall–Kier alpha value is -8.92. The van der Waals surface area contributed by atoms with Gasteiger partial charge in [-0.1, -0.05) is 172 Å². The SMILES string of the molecule is CC1(C)c2cc(N(c3ccccc3)c3ccc(-c4ccccc4)cc3)ccc2-c2cc3c(ccc4c3c3ccc(N(c5ccccc5)c5ccc(-c6ccccc6)cc5)c5c6ccccc6n4c35)cc21. The fraction of sp³-hybridized carbons (Fsp3) is 0.0448. The predicted molar refractivity (Wildman–Crippen MR) is 296 cm³/mol. The average molecular weight is 894 g/mol. The Labute approximate surface area is 407 Å². The summed E-state index contributed by atoms with van der Waals surface area (Å²) >= 11 is 0. The van der Waals surface area contributed by atoms with Gasteiger partial charge < -0.3 is 14.2 Å². The molecule has 0 bridgehead atoms. The number of aromatic nitrogens is 1. The van der Waals surface area contributed by atoms with Crippen molar-refractivity contribution in [3.05, 3.63) is 260 Å². The number of hydrogen-bond acceptors (Lipinski definition) is 2. The van der Waals surface area contributed by atoms with Crippen molar-refractivity contribution in [3.63, 3.8) is 0 Å². The molecule has 11 aromatic carbocycles. The van der Waals surface area contributed by atoms with Gasteiger partial charge in [0.15, 0.2) is 0 Å². The largest absolute Gasteiger partial charge is 0.310 e. The zero-order valence-corrected chi connectivity index (χ0v) is 39.0. The molecule has 2 heterocycles. The number of anilines is 6. The molecule has 2 aromatic heterocycles. The maximum absolute atomic E-state index is 2.53. The third kappa shape index (κ3) is 6.08. The third-order valence-electron chi connectivity index (χ3n) is 15.1. The standard InChI is InChI=1S/C67H47N3/c1-67(2)59-41-48-31-39-62-64(57(48)43-58(59)54-37-36-53(42-60(54)67)68(49-21-11-5-12-22-49)51-32-27-46(28-33-51)44-17-7-3-8-18-44)56-38-40-63(65-55-25-15-16-26-61(55)70(62)66(56)65)69(50-23-13-6-14-24-50)52-34-29-47(30-35-52)45-19-9-4-10-20-45/h3-43H,1-2H3. The summed E-state index contributed by atoms with van der Waals surface area (Å²) in [5.41, 5.74) is 20.5. The molecular weight excluding hydrogens is 847 g/mol. The summed E-state index contributed by atoms with van der Waals surface area (Å²) in [5.74, 6) is 0. The smallest absolute Gasteiger partial charge is 0.0641 e. The molecule has 0 unspecified atom stereocenters. The molecule has 14 rings (SSSR count). The van der Waals surface area contributed by atoms with E-state index in [1.165, 1.54) is 93.4 Å². The molecule has 0 saturated heterocycles. The molecule has 0 saturated carbocycles. The van der Waals surface area contributed by atoms with Gasteiger partial charge in [0.05, 0.1) is 22.2 Å². The highest BCUT2D eigenvalue weighted by molar-refractivity contribution is 6.31. The molecule has 3 nitrogen and oxygen atoms in total. The second kappa shape index (κ2) is 15.6. The lowest BCUT2D eigenvalue weighted by Crippen LogP contribution is -2.16. The second-order valence-corrected chi connectivity index (χ2v) is 19.3. The molecule has 0 aliphatic heterocycles. The quantitative estimate of drug-likeness (QED) is 0.151. The summed E-state index contributed by atoms with van der Waals surface area (Å²) in [5, 5.41) is 7.62. The number of hydrogen-bond donors (Lipinski definition) is 0. The molecule has 13 aromatic rings. The van der Waals surface area contributed by atoms with Crippen LogP contribution in [0.2, 0.25) is 0 Å². The van der Waals surface area contributed by atoms with Gasteiger partial charge in [0, 0.05) is 55.4 Å². The minimum absolute atomic E-state index is 0.218. The Bertz CT molecular complexity index is 4100. The predicted octanol–water partition coefficient (Wildman–Crippen LogP) is 18.6. The zero-order valence-electron chi connectivity index (χ0n) is 39.0. The lowest BCUT2D eigenvalue weighted by molar-refractivity contribution is 0.661. The molecule has 3 heteroatoms. The Kier molecular flexibility index (Phi) is 8.93. The van der Waals surface area contributed by atoms with Crippen LogP contribution in [0.5, 0.6) is 0 Å². The van der Waals surface area contributed by atoms with Crippen LogP contribution in [-0.2, 0) is 5.41 Å². The summed E-state index contributed by atoms with van der Waals surface area (Å²) in [4.78, 5) is 4.83. The van der Waals surface area contributed by atoms with Gasteiger partial charge >= 0.3 is 0 Å². The van der Waals surface area contributed by atoms with Crippen molar-refractivity contribution in [2.75, 3.05) is 9.80 Å². The summed E-state index contributed by atoms with van der Waals surface area (Å²) in [6.07, 6.45) is 0. The fourth-order valence-electron chi connectivity index (χ4n) is 11.8. The van der Waals surface area contributed by atoms with Gasteiger partial charge in [0.1, 0.15) is 0 Å². The van der Waals surface area contributed by atoms with Crippen molar-refractivity contribution in [1.82, 2.24) is 4.40 Å². The van der Waals surface area contributed by atoms with E-state index in [1.54, 1.807) is 0 Å². The topological polar surface area (TPSA) is 10.9 Å². The van der Waals surface area contributed by atoms with Gasteiger partial charge in [-0.3, -0.25) is 0 Å². The fourth-order valence-corrected chi connectivity index (χ4v) is 11.8.